The van der Waals surface area contributed by atoms with Crippen molar-refractivity contribution in [3.63, 3.8) is 0 Å². The molecule has 0 fully saturated rings. The van der Waals surface area contributed by atoms with Crippen LogP contribution in [-0.4, -0.2) is 4.98 Å². The van der Waals surface area contributed by atoms with Crippen LogP contribution in [0.1, 0.15) is 18.2 Å². The normalized spacial score (nSPS) is 11.7. The smallest absolute Gasteiger partial charge is 0.0990 e. The molecule has 0 atom stereocenters. The highest BCUT2D eigenvalue weighted by Crippen LogP contribution is 2.04. The number of rotatable bonds is 1. The van der Waals surface area contributed by atoms with Crippen molar-refractivity contribution in [3.05, 3.63) is 35.4 Å². The van der Waals surface area contributed by atoms with Gasteiger partial charge in [-0.05, 0) is 31.6 Å². The highest BCUT2D eigenvalue weighted by Gasteiger charge is 1.89. The van der Waals surface area contributed by atoms with Gasteiger partial charge >= 0.3 is 0 Å². The van der Waals surface area contributed by atoms with Crippen molar-refractivity contribution < 1.29 is 4.39 Å². The first-order chi connectivity index (χ1) is 5.18. The number of hydrogen-bond donors (Lipinski definition) is 0. The summed E-state index contributed by atoms with van der Waals surface area (Å²) in [5.41, 5.74) is 1.74. The van der Waals surface area contributed by atoms with E-state index in [-0.39, 0.29) is 5.83 Å². The fourth-order valence-corrected chi connectivity index (χ4v) is 0.768. The van der Waals surface area contributed by atoms with Gasteiger partial charge < -0.3 is 0 Å². The summed E-state index contributed by atoms with van der Waals surface area (Å²) in [6.45, 7) is 3.35. The van der Waals surface area contributed by atoms with Crippen LogP contribution in [0.2, 0.25) is 0 Å². The first-order valence-electron chi connectivity index (χ1n) is 3.45. The number of aryl methyl sites for hydroxylation is 1. The maximum atomic E-state index is 12.3. The van der Waals surface area contributed by atoms with E-state index in [1.807, 2.05) is 13.0 Å². The largest absolute Gasteiger partial charge is 0.257 e. The molecule has 1 aromatic rings. The van der Waals surface area contributed by atoms with E-state index in [0.29, 0.717) is 5.69 Å². The van der Waals surface area contributed by atoms with E-state index in [1.54, 1.807) is 12.3 Å². The van der Waals surface area contributed by atoms with Crippen molar-refractivity contribution in [1.82, 2.24) is 4.98 Å². The number of pyridine rings is 1. The Morgan fingerprint density at radius 2 is 2.27 bits per heavy atom. The molecular formula is C9H10FN. The van der Waals surface area contributed by atoms with Crippen LogP contribution in [0, 0.1) is 6.92 Å². The van der Waals surface area contributed by atoms with Crippen molar-refractivity contribution in [2.24, 2.45) is 0 Å². The molecule has 0 saturated carbocycles. The fraction of sp³-hybridized carbons (Fsp3) is 0.222. The minimum Gasteiger partial charge on any atom is -0.257 e. The molecule has 0 aliphatic carbocycles. The van der Waals surface area contributed by atoms with Crippen molar-refractivity contribution >= 4 is 6.08 Å². The lowest BCUT2D eigenvalue weighted by Gasteiger charge is -1.92. The summed E-state index contributed by atoms with van der Waals surface area (Å²) >= 11 is 0. The molecule has 0 spiro atoms. The van der Waals surface area contributed by atoms with Gasteiger partial charge in [-0.15, -0.1) is 0 Å². The van der Waals surface area contributed by atoms with Crippen LogP contribution >= 0.6 is 0 Å². The molecule has 1 nitrogen and oxygen atoms in total. The Kier molecular flexibility index (Phi) is 2.36. The van der Waals surface area contributed by atoms with Crippen molar-refractivity contribution in [2.45, 2.75) is 13.8 Å². The summed E-state index contributed by atoms with van der Waals surface area (Å²) in [5.74, 6) is -0.221. The molecule has 1 aromatic heterocycles. The molecule has 0 saturated heterocycles. The molecule has 0 bridgehead atoms. The number of halogens is 1. The molecule has 11 heavy (non-hydrogen) atoms. The minimum atomic E-state index is -0.221. The van der Waals surface area contributed by atoms with Gasteiger partial charge in [-0.2, -0.15) is 0 Å². The fourth-order valence-electron chi connectivity index (χ4n) is 0.768. The third-order valence-corrected chi connectivity index (χ3v) is 1.28. The Labute approximate surface area is 65.6 Å². The Balaban J connectivity index is 2.91. The highest BCUT2D eigenvalue weighted by atomic mass is 19.1. The molecule has 2 heteroatoms. The summed E-state index contributed by atoms with van der Waals surface area (Å²) in [5, 5.41) is 0. The molecule has 58 valence electrons. The van der Waals surface area contributed by atoms with Gasteiger partial charge in [0.15, 0.2) is 0 Å². The highest BCUT2D eigenvalue weighted by molar-refractivity contribution is 5.46. The Bertz CT molecular complexity index is 257. The lowest BCUT2D eigenvalue weighted by atomic mass is 10.2. The second kappa shape index (κ2) is 3.28. The van der Waals surface area contributed by atoms with E-state index in [0.717, 1.165) is 5.56 Å². The van der Waals surface area contributed by atoms with Crippen molar-refractivity contribution in [2.75, 3.05) is 0 Å². The minimum absolute atomic E-state index is 0.221. The van der Waals surface area contributed by atoms with Gasteiger partial charge in [0.05, 0.1) is 11.5 Å². The van der Waals surface area contributed by atoms with Gasteiger partial charge in [-0.3, -0.25) is 4.98 Å². The number of hydrogen-bond acceptors (Lipinski definition) is 1. The second-order valence-electron chi connectivity index (χ2n) is 2.49. The van der Waals surface area contributed by atoms with Crippen LogP contribution < -0.4 is 0 Å². The zero-order valence-corrected chi connectivity index (χ0v) is 6.63. The topological polar surface area (TPSA) is 12.9 Å². The van der Waals surface area contributed by atoms with E-state index in [4.69, 9.17) is 0 Å². The first-order valence-corrected chi connectivity index (χ1v) is 3.45. The molecule has 0 aliphatic heterocycles. The van der Waals surface area contributed by atoms with E-state index < -0.39 is 0 Å². The van der Waals surface area contributed by atoms with Gasteiger partial charge in [0.1, 0.15) is 0 Å². The van der Waals surface area contributed by atoms with Crippen molar-refractivity contribution in [3.8, 4) is 0 Å². The van der Waals surface area contributed by atoms with Crippen molar-refractivity contribution in [1.29, 1.82) is 0 Å². The van der Waals surface area contributed by atoms with Gasteiger partial charge in [0, 0.05) is 6.20 Å². The average molecular weight is 151 g/mol. The third kappa shape index (κ3) is 2.50. The van der Waals surface area contributed by atoms with Crippen LogP contribution in [-0.2, 0) is 0 Å². The standard InChI is InChI=1S/C9H10FN/c1-7-3-4-9(11-6-7)5-8(2)10/h3-6H,1-2H3/b8-5-. The van der Waals surface area contributed by atoms with Gasteiger partial charge in [0.25, 0.3) is 0 Å². The predicted molar refractivity (Wildman–Crippen MR) is 43.7 cm³/mol. The van der Waals surface area contributed by atoms with Crippen LogP contribution in [0.4, 0.5) is 4.39 Å². The molecule has 1 heterocycles. The Hall–Kier alpha value is -1.18. The zero-order valence-electron chi connectivity index (χ0n) is 6.63. The number of aromatic nitrogens is 1. The summed E-state index contributed by atoms with van der Waals surface area (Å²) in [6, 6.07) is 3.69. The summed E-state index contributed by atoms with van der Waals surface area (Å²) < 4.78 is 12.3. The summed E-state index contributed by atoms with van der Waals surface area (Å²) in [7, 11) is 0. The predicted octanol–water partition coefficient (Wildman–Crippen LogP) is 2.72. The van der Waals surface area contributed by atoms with Gasteiger partial charge in [0.2, 0.25) is 0 Å². The molecule has 0 aromatic carbocycles. The average Bonchev–Trinajstić information content (AvgIpc) is 1.93. The SMILES string of the molecule is C/C(F)=C/c1ccc(C)cn1. The summed E-state index contributed by atoms with van der Waals surface area (Å²) in [4.78, 5) is 4.00. The number of nitrogens with zero attached hydrogens (tertiary/aromatic N) is 1. The molecule has 0 unspecified atom stereocenters. The summed E-state index contributed by atoms with van der Waals surface area (Å²) in [6.07, 6.45) is 3.12. The second-order valence-corrected chi connectivity index (χ2v) is 2.49. The number of allylic oxidation sites excluding steroid dienone is 1. The monoisotopic (exact) mass is 151 g/mol. The lowest BCUT2D eigenvalue weighted by molar-refractivity contribution is 0.648. The maximum Gasteiger partial charge on any atom is 0.0990 e. The molecule has 1 rings (SSSR count). The van der Waals surface area contributed by atoms with Crippen LogP contribution in [0.3, 0.4) is 0 Å². The van der Waals surface area contributed by atoms with Gasteiger partial charge in [-0.1, -0.05) is 6.07 Å². The Morgan fingerprint density at radius 1 is 1.55 bits per heavy atom. The lowest BCUT2D eigenvalue weighted by Crippen LogP contribution is -1.80. The van der Waals surface area contributed by atoms with Crippen LogP contribution in [0.15, 0.2) is 24.2 Å². The maximum absolute atomic E-state index is 12.3. The quantitative estimate of drug-likeness (QED) is 0.601. The van der Waals surface area contributed by atoms with E-state index in [2.05, 4.69) is 4.98 Å². The zero-order chi connectivity index (χ0) is 8.27. The van der Waals surface area contributed by atoms with Crippen LogP contribution in [0.5, 0.6) is 0 Å². The van der Waals surface area contributed by atoms with Crippen LogP contribution in [0.25, 0.3) is 6.08 Å². The molecular weight excluding hydrogens is 141 g/mol. The Morgan fingerprint density at radius 3 is 2.73 bits per heavy atom. The first kappa shape index (κ1) is 7.92. The van der Waals surface area contributed by atoms with Gasteiger partial charge in [-0.25, -0.2) is 4.39 Å². The van der Waals surface area contributed by atoms with E-state index >= 15 is 0 Å². The van der Waals surface area contributed by atoms with E-state index in [1.165, 1.54) is 13.0 Å². The molecule has 0 radical (unpaired) electrons. The molecule has 0 amide bonds. The van der Waals surface area contributed by atoms with E-state index in [9.17, 15) is 4.39 Å². The third-order valence-electron chi connectivity index (χ3n) is 1.28. The molecule has 0 N–H and O–H groups in total. The molecule has 0 aliphatic rings.